The fourth-order valence-corrected chi connectivity index (χ4v) is 1.97. The van der Waals surface area contributed by atoms with Gasteiger partial charge in [-0.2, -0.15) is 16.9 Å². The minimum atomic E-state index is 0.882. The van der Waals surface area contributed by atoms with Gasteiger partial charge in [-0.1, -0.05) is 13.8 Å². The second-order valence-electron chi connectivity index (χ2n) is 3.40. The van der Waals surface area contributed by atoms with Gasteiger partial charge in [0.25, 0.3) is 0 Å². The molecule has 0 saturated heterocycles. The Kier molecular flexibility index (Phi) is 6.52. The molecular formula is C11H21N3S. The van der Waals surface area contributed by atoms with Gasteiger partial charge in [-0.3, -0.25) is 4.68 Å². The standard InChI is InChI=1S/C11H21N3S/c1-3-12-10-11-6-8-14(13-11)7-5-9-15-4-2/h6,8,12H,3-5,7,9-10H2,1-2H3. The highest BCUT2D eigenvalue weighted by Gasteiger charge is 1.97. The molecule has 1 N–H and O–H groups in total. The number of thioether (sulfide) groups is 1. The summed E-state index contributed by atoms with van der Waals surface area (Å²) in [5.41, 5.74) is 1.14. The largest absolute Gasteiger partial charge is 0.311 e. The molecule has 0 atom stereocenters. The normalized spacial score (nSPS) is 10.8. The number of hydrogen-bond donors (Lipinski definition) is 1. The van der Waals surface area contributed by atoms with Crippen molar-refractivity contribution < 1.29 is 0 Å². The Labute approximate surface area is 96.6 Å². The molecule has 3 nitrogen and oxygen atoms in total. The zero-order valence-corrected chi connectivity index (χ0v) is 10.5. The van der Waals surface area contributed by atoms with E-state index in [-0.39, 0.29) is 0 Å². The third-order valence-electron chi connectivity index (χ3n) is 2.13. The maximum atomic E-state index is 4.49. The van der Waals surface area contributed by atoms with Crippen LogP contribution in [0.5, 0.6) is 0 Å². The van der Waals surface area contributed by atoms with Crippen molar-refractivity contribution in [2.75, 3.05) is 18.1 Å². The van der Waals surface area contributed by atoms with Crippen LogP contribution in [-0.2, 0) is 13.1 Å². The highest BCUT2D eigenvalue weighted by molar-refractivity contribution is 7.99. The molecule has 0 saturated carbocycles. The molecule has 0 unspecified atom stereocenters. The molecule has 0 fully saturated rings. The average Bonchev–Trinajstić information content (AvgIpc) is 2.69. The van der Waals surface area contributed by atoms with Crippen molar-refractivity contribution in [1.29, 1.82) is 0 Å². The monoisotopic (exact) mass is 227 g/mol. The van der Waals surface area contributed by atoms with Gasteiger partial charge in [-0.05, 0) is 30.5 Å². The Morgan fingerprint density at radius 2 is 2.33 bits per heavy atom. The number of nitrogens with zero attached hydrogens (tertiary/aromatic N) is 2. The molecule has 0 amide bonds. The third kappa shape index (κ3) is 5.23. The van der Waals surface area contributed by atoms with E-state index in [0.29, 0.717) is 0 Å². The van der Waals surface area contributed by atoms with Crippen LogP contribution in [0, 0.1) is 0 Å². The maximum Gasteiger partial charge on any atom is 0.0762 e. The Balaban J connectivity index is 2.20. The predicted molar refractivity (Wildman–Crippen MR) is 67.2 cm³/mol. The molecule has 86 valence electrons. The highest BCUT2D eigenvalue weighted by atomic mass is 32.2. The lowest BCUT2D eigenvalue weighted by atomic mass is 10.4. The molecule has 15 heavy (non-hydrogen) atoms. The lowest BCUT2D eigenvalue weighted by molar-refractivity contribution is 0.588. The SMILES string of the molecule is CCNCc1ccn(CCCSCC)n1. The van der Waals surface area contributed by atoms with E-state index < -0.39 is 0 Å². The molecule has 0 aliphatic heterocycles. The topological polar surface area (TPSA) is 29.9 Å². The summed E-state index contributed by atoms with van der Waals surface area (Å²) in [5.74, 6) is 2.45. The van der Waals surface area contributed by atoms with Crippen LogP contribution in [-0.4, -0.2) is 27.8 Å². The number of nitrogens with one attached hydrogen (secondary N) is 1. The van der Waals surface area contributed by atoms with Gasteiger partial charge in [0.1, 0.15) is 0 Å². The van der Waals surface area contributed by atoms with Crippen LogP contribution < -0.4 is 5.32 Å². The van der Waals surface area contributed by atoms with Crippen molar-refractivity contribution in [2.45, 2.75) is 33.4 Å². The van der Waals surface area contributed by atoms with E-state index in [0.717, 1.165) is 25.3 Å². The van der Waals surface area contributed by atoms with Crippen LogP contribution in [0.25, 0.3) is 0 Å². The van der Waals surface area contributed by atoms with E-state index in [1.54, 1.807) is 0 Å². The molecule has 0 bridgehead atoms. The first-order valence-corrected chi connectivity index (χ1v) is 6.83. The first-order chi connectivity index (χ1) is 7.36. The summed E-state index contributed by atoms with van der Waals surface area (Å²) in [7, 11) is 0. The summed E-state index contributed by atoms with van der Waals surface area (Å²) in [6, 6.07) is 2.09. The van der Waals surface area contributed by atoms with E-state index in [4.69, 9.17) is 0 Å². The van der Waals surface area contributed by atoms with Crippen molar-refractivity contribution >= 4 is 11.8 Å². The van der Waals surface area contributed by atoms with Crippen LogP contribution in [0.4, 0.5) is 0 Å². The van der Waals surface area contributed by atoms with Gasteiger partial charge in [-0.15, -0.1) is 0 Å². The number of aromatic nitrogens is 2. The first kappa shape index (κ1) is 12.6. The fourth-order valence-electron chi connectivity index (χ4n) is 1.35. The summed E-state index contributed by atoms with van der Waals surface area (Å²) in [6.45, 7) is 7.23. The second kappa shape index (κ2) is 7.77. The van der Waals surface area contributed by atoms with Crippen LogP contribution in [0.1, 0.15) is 26.0 Å². The molecule has 1 aromatic rings. The van der Waals surface area contributed by atoms with E-state index in [2.05, 4.69) is 36.5 Å². The highest BCUT2D eigenvalue weighted by Crippen LogP contribution is 2.03. The Morgan fingerprint density at radius 1 is 1.47 bits per heavy atom. The summed E-state index contributed by atoms with van der Waals surface area (Å²) >= 11 is 1.99. The van der Waals surface area contributed by atoms with Crippen molar-refractivity contribution in [1.82, 2.24) is 15.1 Å². The van der Waals surface area contributed by atoms with Gasteiger partial charge in [0, 0.05) is 19.3 Å². The third-order valence-corrected chi connectivity index (χ3v) is 3.12. The molecule has 0 aromatic carbocycles. The molecular weight excluding hydrogens is 206 g/mol. The molecule has 4 heteroatoms. The number of aryl methyl sites for hydroxylation is 1. The van der Waals surface area contributed by atoms with Gasteiger partial charge >= 0.3 is 0 Å². The Hall–Kier alpha value is -0.480. The van der Waals surface area contributed by atoms with Crippen molar-refractivity contribution in [2.24, 2.45) is 0 Å². The summed E-state index contributed by atoms with van der Waals surface area (Å²) in [4.78, 5) is 0. The van der Waals surface area contributed by atoms with Crippen LogP contribution >= 0.6 is 11.8 Å². The number of hydrogen-bond acceptors (Lipinski definition) is 3. The van der Waals surface area contributed by atoms with Crippen LogP contribution in [0.3, 0.4) is 0 Å². The number of rotatable bonds is 8. The van der Waals surface area contributed by atoms with Crippen molar-refractivity contribution in [3.05, 3.63) is 18.0 Å². The zero-order chi connectivity index (χ0) is 10.9. The molecule has 0 spiro atoms. The summed E-state index contributed by atoms with van der Waals surface area (Å²) in [5, 5.41) is 7.76. The van der Waals surface area contributed by atoms with Crippen LogP contribution in [0.15, 0.2) is 12.3 Å². The zero-order valence-electron chi connectivity index (χ0n) is 9.70. The van der Waals surface area contributed by atoms with Gasteiger partial charge in [0.05, 0.1) is 5.69 Å². The molecule has 0 aliphatic rings. The summed E-state index contributed by atoms with van der Waals surface area (Å²) in [6.07, 6.45) is 3.28. The van der Waals surface area contributed by atoms with E-state index in [1.165, 1.54) is 17.9 Å². The lowest BCUT2D eigenvalue weighted by Gasteiger charge is -2.01. The summed E-state index contributed by atoms with van der Waals surface area (Å²) < 4.78 is 2.04. The molecule has 0 radical (unpaired) electrons. The predicted octanol–water partition coefficient (Wildman–Crippen LogP) is 2.14. The Bertz CT molecular complexity index is 260. The van der Waals surface area contributed by atoms with Gasteiger partial charge in [0.2, 0.25) is 0 Å². The smallest absolute Gasteiger partial charge is 0.0762 e. The lowest BCUT2D eigenvalue weighted by Crippen LogP contribution is -2.12. The minimum Gasteiger partial charge on any atom is -0.311 e. The quantitative estimate of drug-likeness (QED) is 0.690. The first-order valence-electron chi connectivity index (χ1n) is 5.67. The van der Waals surface area contributed by atoms with Gasteiger partial charge in [0.15, 0.2) is 0 Å². The molecule has 1 rings (SSSR count). The van der Waals surface area contributed by atoms with E-state index in [9.17, 15) is 0 Å². The minimum absolute atomic E-state index is 0.882. The Morgan fingerprint density at radius 3 is 3.07 bits per heavy atom. The van der Waals surface area contributed by atoms with Crippen LogP contribution in [0.2, 0.25) is 0 Å². The average molecular weight is 227 g/mol. The molecule has 1 aromatic heterocycles. The van der Waals surface area contributed by atoms with Gasteiger partial charge < -0.3 is 5.32 Å². The van der Waals surface area contributed by atoms with Crippen molar-refractivity contribution in [3.8, 4) is 0 Å². The van der Waals surface area contributed by atoms with Crippen molar-refractivity contribution in [3.63, 3.8) is 0 Å². The fraction of sp³-hybridized carbons (Fsp3) is 0.727. The molecule has 1 heterocycles. The second-order valence-corrected chi connectivity index (χ2v) is 4.79. The van der Waals surface area contributed by atoms with E-state index >= 15 is 0 Å². The molecule has 0 aliphatic carbocycles. The van der Waals surface area contributed by atoms with E-state index in [1.807, 2.05) is 16.4 Å². The van der Waals surface area contributed by atoms with Gasteiger partial charge in [-0.25, -0.2) is 0 Å². The maximum absolute atomic E-state index is 4.49.